The molecule has 9 nitrogen and oxygen atoms in total. The normalized spacial score (nSPS) is 16.2. The van der Waals surface area contributed by atoms with Crippen LogP contribution in [0, 0.1) is 0 Å². The van der Waals surface area contributed by atoms with Crippen LogP contribution in [0.1, 0.15) is 53.4 Å². The Balaban J connectivity index is 1.77. The third-order valence-corrected chi connectivity index (χ3v) is 6.46. The van der Waals surface area contributed by atoms with E-state index in [1.807, 2.05) is 0 Å². The number of benzene rings is 3. The zero-order valence-corrected chi connectivity index (χ0v) is 23.6. The summed E-state index contributed by atoms with van der Waals surface area (Å²) in [6, 6.07) is 19.7. The van der Waals surface area contributed by atoms with Crippen molar-refractivity contribution < 1.29 is 46.6 Å². The number of carbonyl (C=O) groups excluding carboxylic acids is 4. The first-order valence-electron chi connectivity index (χ1n) is 13.2. The van der Waals surface area contributed by atoms with Gasteiger partial charge >= 0.3 is 24.3 Å². The lowest BCUT2D eigenvalue weighted by atomic mass is 9.92. The number of alkyl halides is 3. The summed E-state index contributed by atoms with van der Waals surface area (Å²) in [4.78, 5) is 54.4. The number of rotatable bonds is 6. The van der Waals surface area contributed by atoms with Crippen molar-refractivity contribution in [3.8, 4) is 0 Å². The fourth-order valence-electron chi connectivity index (χ4n) is 4.54. The van der Waals surface area contributed by atoms with E-state index in [1.165, 1.54) is 20.8 Å². The number of nitrogens with zero attached hydrogens (tertiary/aromatic N) is 1. The highest BCUT2D eigenvalue weighted by Crippen LogP contribution is 2.43. The van der Waals surface area contributed by atoms with Crippen LogP contribution in [-0.2, 0) is 44.8 Å². The highest BCUT2D eigenvalue weighted by molar-refractivity contribution is 6.21. The number of ketones is 1. The molecule has 0 unspecified atom stereocenters. The first-order valence-corrected chi connectivity index (χ1v) is 13.2. The molecule has 1 atom stereocenters. The molecule has 4 rings (SSSR count). The molecule has 1 aliphatic rings. The number of amides is 2. The molecule has 0 saturated carbocycles. The number of ether oxygens (including phenoxy) is 3. The molecule has 1 aliphatic carbocycles. The van der Waals surface area contributed by atoms with Crippen LogP contribution in [0.25, 0.3) is 0 Å². The molecule has 0 saturated heterocycles. The van der Waals surface area contributed by atoms with E-state index in [-0.39, 0.29) is 18.2 Å². The number of fused-ring (bicyclic) bond motifs is 1. The Labute approximate surface area is 245 Å². The molecular weight excluding hydrogens is 569 g/mol. The van der Waals surface area contributed by atoms with Gasteiger partial charge in [0.05, 0.1) is 5.56 Å². The molecule has 226 valence electrons. The minimum Gasteiger partial charge on any atom is -0.458 e. The molecule has 0 aliphatic heterocycles. The average molecular weight is 599 g/mol. The van der Waals surface area contributed by atoms with Crippen molar-refractivity contribution in [3.05, 3.63) is 107 Å². The van der Waals surface area contributed by atoms with E-state index in [4.69, 9.17) is 14.2 Å². The molecule has 0 spiro atoms. The quantitative estimate of drug-likeness (QED) is 0.160. The summed E-state index contributed by atoms with van der Waals surface area (Å²) in [5, 5.41) is 0.278. The Kier molecular flexibility index (Phi) is 8.79. The van der Waals surface area contributed by atoms with Gasteiger partial charge in [0.2, 0.25) is 11.3 Å². The van der Waals surface area contributed by atoms with E-state index in [0.29, 0.717) is 11.1 Å². The molecule has 3 aromatic carbocycles. The second kappa shape index (κ2) is 12.2. The van der Waals surface area contributed by atoms with Crippen molar-refractivity contribution in [2.24, 2.45) is 0 Å². The Morgan fingerprint density at radius 3 is 1.93 bits per heavy atom. The van der Waals surface area contributed by atoms with Crippen LogP contribution in [0.3, 0.4) is 0 Å². The Hall–Kier alpha value is -4.87. The highest BCUT2D eigenvalue weighted by atomic mass is 19.4. The number of Topliss-reactive ketones (excluding diaryl/α,β-unsaturated/α-hetero) is 1. The SMILES string of the molecule is CC(C)(C)OC(=O)[C@]1(N(NC(=O)OCc2ccccc2)C(=O)OCc2ccccc2)Cc2c(cccc2C(F)(F)F)C1=O. The lowest BCUT2D eigenvalue weighted by Crippen LogP contribution is -2.68. The highest BCUT2D eigenvalue weighted by Gasteiger charge is 2.62. The summed E-state index contributed by atoms with van der Waals surface area (Å²) in [5.74, 6) is -2.56. The van der Waals surface area contributed by atoms with Crippen molar-refractivity contribution in [2.45, 2.75) is 57.7 Å². The molecule has 0 bridgehead atoms. The van der Waals surface area contributed by atoms with Gasteiger partial charge in [-0.25, -0.2) is 19.8 Å². The zero-order chi connectivity index (χ0) is 31.4. The largest absolute Gasteiger partial charge is 0.458 e. The van der Waals surface area contributed by atoms with Crippen LogP contribution in [0.15, 0.2) is 78.9 Å². The third kappa shape index (κ3) is 6.96. The first kappa shape index (κ1) is 31.1. The molecule has 43 heavy (non-hydrogen) atoms. The van der Waals surface area contributed by atoms with Gasteiger partial charge in [0.15, 0.2) is 0 Å². The lowest BCUT2D eigenvalue weighted by molar-refractivity contribution is -0.167. The van der Waals surface area contributed by atoms with Crippen molar-refractivity contribution >= 4 is 23.9 Å². The third-order valence-electron chi connectivity index (χ3n) is 6.46. The van der Waals surface area contributed by atoms with E-state index >= 15 is 0 Å². The van der Waals surface area contributed by atoms with Gasteiger partial charge in [0.25, 0.3) is 0 Å². The van der Waals surface area contributed by atoms with Gasteiger partial charge in [-0.15, -0.1) is 0 Å². The smallest absolute Gasteiger partial charge is 0.430 e. The van der Waals surface area contributed by atoms with Crippen molar-refractivity contribution in [1.82, 2.24) is 10.4 Å². The molecule has 0 aromatic heterocycles. The maximum absolute atomic E-state index is 14.0. The second-order valence-electron chi connectivity index (χ2n) is 10.7. The summed E-state index contributed by atoms with van der Waals surface area (Å²) in [5.41, 5.74) is -3.00. The van der Waals surface area contributed by atoms with Crippen LogP contribution in [0.4, 0.5) is 22.8 Å². The van der Waals surface area contributed by atoms with Gasteiger partial charge in [0.1, 0.15) is 18.8 Å². The predicted molar refractivity (Wildman–Crippen MR) is 146 cm³/mol. The van der Waals surface area contributed by atoms with E-state index in [2.05, 4.69) is 5.43 Å². The number of hydrogen-bond acceptors (Lipinski definition) is 7. The zero-order valence-electron chi connectivity index (χ0n) is 23.6. The van der Waals surface area contributed by atoms with E-state index in [9.17, 15) is 32.3 Å². The van der Waals surface area contributed by atoms with Crippen LogP contribution in [-0.4, -0.2) is 40.1 Å². The first-order chi connectivity index (χ1) is 20.2. The number of hydrazine groups is 1. The number of carbonyl (C=O) groups is 4. The van der Waals surface area contributed by atoms with E-state index in [0.717, 1.165) is 18.2 Å². The topological polar surface area (TPSA) is 111 Å². The summed E-state index contributed by atoms with van der Waals surface area (Å²) in [6.45, 7) is 3.82. The van der Waals surface area contributed by atoms with E-state index in [1.54, 1.807) is 60.7 Å². The van der Waals surface area contributed by atoms with Gasteiger partial charge in [-0.3, -0.25) is 4.79 Å². The summed E-state index contributed by atoms with van der Waals surface area (Å²) in [7, 11) is 0. The molecule has 2 amide bonds. The Morgan fingerprint density at radius 2 is 1.40 bits per heavy atom. The molecule has 3 aromatic rings. The van der Waals surface area contributed by atoms with Gasteiger partial charge in [0, 0.05) is 12.0 Å². The van der Waals surface area contributed by atoms with Gasteiger partial charge in [-0.05, 0) is 43.5 Å². The van der Waals surface area contributed by atoms with E-state index < -0.39 is 64.4 Å². The summed E-state index contributed by atoms with van der Waals surface area (Å²) < 4.78 is 58.1. The number of esters is 1. The van der Waals surface area contributed by atoms with Gasteiger partial charge in [-0.1, -0.05) is 72.8 Å². The van der Waals surface area contributed by atoms with Crippen LogP contribution >= 0.6 is 0 Å². The average Bonchev–Trinajstić information content (AvgIpc) is 3.26. The van der Waals surface area contributed by atoms with Gasteiger partial charge < -0.3 is 14.2 Å². The van der Waals surface area contributed by atoms with Crippen molar-refractivity contribution in [2.75, 3.05) is 0 Å². The fraction of sp³-hybridized carbons (Fsp3) is 0.290. The van der Waals surface area contributed by atoms with Crippen LogP contribution < -0.4 is 5.43 Å². The van der Waals surface area contributed by atoms with Crippen molar-refractivity contribution in [3.63, 3.8) is 0 Å². The van der Waals surface area contributed by atoms with Gasteiger partial charge in [-0.2, -0.15) is 18.2 Å². The second-order valence-corrected chi connectivity index (χ2v) is 10.7. The Bertz CT molecular complexity index is 1510. The number of hydrogen-bond donors (Lipinski definition) is 1. The Morgan fingerprint density at radius 1 is 0.837 bits per heavy atom. The summed E-state index contributed by atoms with van der Waals surface area (Å²) in [6.07, 6.45) is -8.52. The minimum atomic E-state index is -4.89. The molecule has 1 N–H and O–H groups in total. The lowest BCUT2D eigenvalue weighted by Gasteiger charge is -2.37. The molecule has 12 heteroatoms. The van der Waals surface area contributed by atoms with Crippen LogP contribution in [0.5, 0.6) is 0 Å². The monoisotopic (exact) mass is 598 g/mol. The standard InChI is InChI=1S/C31H29F3N2O7/c1-29(2,3)43-26(38)30(17-23-22(25(30)37)15-10-16-24(23)31(32,33)34)36(28(40)42-19-21-13-8-5-9-14-21)35-27(39)41-18-20-11-6-4-7-12-20/h4-16H,17-19H2,1-3H3,(H,35,39)/t30-/m0/s1. The number of halogens is 3. The fourth-order valence-corrected chi connectivity index (χ4v) is 4.54. The summed E-state index contributed by atoms with van der Waals surface area (Å²) >= 11 is 0. The molecule has 0 radical (unpaired) electrons. The van der Waals surface area contributed by atoms with Crippen LogP contribution in [0.2, 0.25) is 0 Å². The molecule has 0 heterocycles. The maximum Gasteiger partial charge on any atom is 0.430 e. The molecule has 0 fully saturated rings. The number of nitrogens with one attached hydrogen (secondary N) is 1. The maximum atomic E-state index is 14.0. The predicted octanol–water partition coefficient (Wildman–Crippen LogP) is 6.00. The molecular formula is C31H29F3N2O7. The van der Waals surface area contributed by atoms with Crippen molar-refractivity contribution in [1.29, 1.82) is 0 Å². The minimum absolute atomic E-state index is 0.259.